The first-order valence-corrected chi connectivity index (χ1v) is 9.39. The largest absolute Gasteiger partial charge is 0.383 e. The molecule has 136 valence electrons. The number of amides is 2. The van der Waals surface area contributed by atoms with E-state index >= 15 is 0 Å². The predicted molar refractivity (Wildman–Crippen MR) is 93.1 cm³/mol. The number of methoxy groups -OCH3 is 1. The van der Waals surface area contributed by atoms with Gasteiger partial charge in [-0.2, -0.15) is 0 Å². The van der Waals surface area contributed by atoms with E-state index in [2.05, 4.69) is 10.3 Å². The Morgan fingerprint density at radius 3 is 2.88 bits per heavy atom. The zero-order valence-electron chi connectivity index (χ0n) is 13.9. The number of fused-ring (bicyclic) bond motifs is 1. The molecule has 10 heteroatoms. The van der Waals surface area contributed by atoms with Crippen LogP contribution in [0.3, 0.4) is 0 Å². The van der Waals surface area contributed by atoms with Gasteiger partial charge in [-0.15, -0.1) is 0 Å². The maximum absolute atomic E-state index is 12.7. The van der Waals surface area contributed by atoms with Crippen molar-refractivity contribution in [3.8, 4) is 0 Å². The first-order valence-electron chi connectivity index (χ1n) is 7.95. The van der Waals surface area contributed by atoms with E-state index in [0.717, 1.165) is 15.6 Å². The van der Waals surface area contributed by atoms with Crippen LogP contribution in [0.5, 0.6) is 0 Å². The number of nitrogens with zero attached hydrogens (tertiary/aromatic N) is 3. The van der Waals surface area contributed by atoms with Gasteiger partial charge in [0.15, 0.2) is 0 Å². The molecule has 9 nitrogen and oxygen atoms in total. The maximum atomic E-state index is 12.7. The van der Waals surface area contributed by atoms with E-state index in [1.54, 1.807) is 24.1 Å². The number of carbonyl (C=O) groups excluding carboxylic acids is 1. The van der Waals surface area contributed by atoms with Crippen LogP contribution in [0.1, 0.15) is 5.56 Å². The molecule has 2 heterocycles. The Morgan fingerprint density at radius 1 is 1.40 bits per heavy atom. The molecule has 0 aliphatic carbocycles. The number of sulfonamides is 1. The molecule has 0 bridgehead atoms. The van der Waals surface area contributed by atoms with E-state index in [1.807, 2.05) is 0 Å². The summed E-state index contributed by atoms with van der Waals surface area (Å²) in [7, 11) is -2.16. The van der Waals surface area contributed by atoms with Crippen molar-refractivity contribution in [1.82, 2.24) is 9.62 Å². The fourth-order valence-corrected chi connectivity index (χ4v) is 4.34. The lowest BCUT2D eigenvalue weighted by Crippen LogP contribution is -2.40. The Labute approximate surface area is 146 Å². The van der Waals surface area contributed by atoms with Crippen molar-refractivity contribution in [1.29, 1.82) is 0 Å². The molecule has 0 saturated heterocycles. The van der Waals surface area contributed by atoms with Gasteiger partial charge >= 0.3 is 6.03 Å². The number of nitrogens with two attached hydrogens (primary N) is 1. The fraction of sp³-hybridized carbons (Fsp3) is 0.467. The van der Waals surface area contributed by atoms with Gasteiger partial charge in [-0.1, -0.05) is 0 Å². The Balaban J connectivity index is 1.80. The van der Waals surface area contributed by atoms with Crippen LogP contribution < -0.4 is 16.0 Å². The summed E-state index contributed by atoms with van der Waals surface area (Å²) in [6, 6.07) is 4.55. The number of hydrogen-bond acceptors (Lipinski definition) is 6. The number of hydrogen-bond donors (Lipinski definition) is 2. The number of guanidine groups is 1. The lowest BCUT2D eigenvalue weighted by molar-refractivity contribution is 0.197. The zero-order valence-corrected chi connectivity index (χ0v) is 14.8. The van der Waals surface area contributed by atoms with Gasteiger partial charge in [-0.3, -0.25) is 9.89 Å². The molecule has 3 rings (SSSR count). The summed E-state index contributed by atoms with van der Waals surface area (Å²) in [6.45, 7) is 1.97. The number of ether oxygens (including phenoxy) is 1. The molecule has 0 unspecified atom stereocenters. The highest BCUT2D eigenvalue weighted by molar-refractivity contribution is 7.89. The van der Waals surface area contributed by atoms with Crippen molar-refractivity contribution in [2.75, 3.05) is 44.8 Å². The van der Waals surface area contributed by atoms with Crippen LogP contribution in [0.2, 0.25) is 0 Å². The van der Waals surface area contributed by atoms with E-state index in [9.17, 15) is 13.2 Å². The standard InChI is InChI=1S/C15H21N5O4S/c1-24-9-6-18-15(21)19-7-4-11-10-12(2-3-13(11)19)25(22,23)20-8-5-17-14(20)16/h2-3,10H,4-9H2,1H3,(H2,16,17)(H,18,21). The second kappa shape index (κ2) is 6.89. The summed E-state index contributed by atoms with van der Waals surface area (Å²) in [5.41, 5.74) is 7.20. The highest BCUT2D eigenvalue weighted by atomic mass is 32.2. The minimum absolute atomic E-state index is 0.0136. The number of urea groups is 1. The predicted octanol–water partition coefficient (Wildman–Crippen LogP) is -0.276. The number of nitrogens with one attached hydrogen (secondary N) is 1. The van der Waals surface area contributed by atoms with E-state index in [0.29, 0.717) is 32.7 Å². The molecular formula is C15H21N5O4S. The lowest BCUT2D eigenvalue weighted by Gasteiger charge is -2.20. The van der Waals surface area contributed by atoms with Crippen molar-refractivity contribution in [2.45, 2.75) is 11.3 Å². The van der Waals surface area contributed by atoms with Crippen LogP contribution in [0.4, 0.5) is 10.5 Å². The third-order valence-corrected chi connectivity index (χ3v) is 5.99. The number of aliphatic imine (C=N–C) groups is 1. The molecule has 0 spiro atoms. The van der Waals surface area contributed by atoms with E-state index in [4.69, 9.17) is 10.5 Å². The summed E-state index contributed by atoms with van der Waals surface area (Å²) in [6.07, 6.45) is 0.597. The van der Waals surface area contributed by atoms with Crippen LogP contribution in [0.15, 0.2) is 28.1 Å². The Kier molecular flexibility index (Phi) is 4.82. The SMILES string of the molecule is COCCNC(=O)N1CCc2cc(S(=O)(=O)N3CCN=C3N)ccc21. The third-order valence-electron chi connectivity index (χ3n) is 4.19. The van der Waals surface area contributed by atoms with Gasteiger partial charge in [0, 0.05) is 25.9 Å². The highest BCUT2D eigenvalue weighted by Crippen LogP contribution is 2.31. The summed E-state index contributed by atoms with van der Waals surface area (Å²) in [5.74, 6) is 0.0136. The van der Waals surface area contributed by atoms with Gasteiger partial charge in [0.1, 0.15) is 0 Å². The molecule has 0 radical (unpaired) electrons. The second-order valence-corrected chi connectivity index (χ2v) is 7.60. The summed E-state index contributed by atoms with van der Waals surface area (Å²) < 4.78 is 31.4. The molecule has 1 aromatic carbocycles. The molecule has 2 amide bonds. The van der Waals surface area contributed by atoms with Gasteiger partial charge in [-0.25, -0.2) is 17.5 Å². The first kappa shape index (κ1) is 17.5. The van der Waals surface area contributed by atoms with E-state index in [1.165, 1.54) is 6.07 Å². The van der Waals surface area contributed by atoms with Crippen LogP contribution in [-0.4, -0.2) is 64.6 Å². The van der Waals surface area contributed by atoms with Crippen molar-refractivity contribution >= 4 is 27.7 Å². The fourth-order valence-electron chi connectivity index (χ4n) is 2.92. The monoisotopic (exact) mass is 367 g/mol. The van der Waals surface area contributed by atoms with Gasteiger partial charge in [0.2, 0.25) is 5.96 Å². The normalized spacial score (nSPS) is 16.8. The van der Waals surface area contributed by atoms with E-state index in [-0.39, 0.29) is 23.4 Å². The van der Waals surface area contributed by atoms with E-state index < -0.39 is 10.0 Å². The smallest absolute Gasteiger partial charge is 0.321 e. The van der Waals surface area contributed by atoms with Gasteiger partial charge in [0.05, 0.1) is 24.6 Å². The Morgan fingerprint density at radius 2 is 2.20 bits per heavy atom. The average molecular weight is 367 g/mol. The van der Waals surface area contributed by atoms with Crippen molar-refractivity contribution in [3.63, 3.8) is 0 Å². The van der Waals surface area contributed by atoms with Gasteiger partial charge in [-0.05, 0) is 30.2 Å². The van der Waals surface area contributed by atoms with Crippen LogP contribution in [-0.2, 0) is 21.2 Å². The molecule has 25 heavy (non-hydrogen) atoms. The van der Waals surface area contributed by atoms with Crippen molar-refractivity contribution in [2.24, 2.45) is 10.7 Å². The summed E-state index contributed by atoms with van der Waals surface area (Å²) in [5, 5.41) is 2.77. The lowest BCUT2D eigenvalue weighted by atomic mass is 10.2. The molecule has 2 aliphatic heterocycles. The second-order valence-electron chi connectivity index (χ2n) is 5.73. The van der Waals surface area contributed by atoms with Crippen LogP contribution in [0, 0.1) is 0 Å². The molecule has 3 N–H and O–H groups in total. The quantitative estimate of drug-likeness (QED) is 0.695. The molecular weight excluding hydrogens is 346 g/mol. The Hall–Kier alpha value is -2.33. The van der Waals surface area contributed by atoms with Crippen molar-refractivity contribution < 1.29 is 17.9 Å². The van der Waals surface area contributed by atoms with Gasteiger partial charge in [0.25, 0.3) is 10.0 Å². The average Bonchev–Trinajstić information content (AvgIpc) is 3.20. The third kappa shape index (κ3) is 3.27. The van der Waals surface area contributed by atoms with Crippen LogP contribution in [0.25, 0.3) is 0 Å². The minimum Gasteiger partial charge on any atom is -0.383 e. The molecule has 1 aromatic rings. The summed E-state index contributed by atoms with van der Waals surface area (Å²) in [4.78, 5) is 17.9. The van der Waals surface area contributed by atoms with Crippen molar-refractivity contribution in [3.05, 3.63) is 23.8 Å². The topological polar surface area (TPSA) is 117 Å². The molecule has 0 aromatic heterocycles. The molecule has 0 atom stereocenters. The number of carbonyl (C=O) groups is 1. The number of benzene rings is 1. The maximum Gasteiger partial charge on any atom is 0.321 e. The number of anilines is 1. The van der Waals surface area contributed by atoms with Crippen LogP contribution >= 0.6 is 0 Å². The highest BCUT2D eigenvalue weighted by Gasteiger charge is 2.31. The number of rotatable bonds is 5. The molecule has 2 aliphatic rings. The van der Waals surface area contributed by atoms with Gasteiger partial charge < -0.3 is 15.8 Å². The first-order chi connectivity index (χ1) is 11.9. The molecule has 0 saturated carbocycles. The molecule has 0 fully saturated rings. The Bertz CT molecular complexity index is 808. The zero-order chi connectivity index (χ0) is 18.0. The minimum atomic E-state index is -3.72. The summed E-state index contributed by atoms with van der Waals surface area (Å²) >= 11 is 0.